The molecule has 0 aliphatic carbocycles. The van der Waals surface area contributed by atoms with Gasteiger partial charge in [-0.3, -0.25) is 0 Å². The fraction of sp³-hybridized carbons (Fsp3) is 0.0833. The molecule has 1 aromatic heterocycles. The van der Waals surface area contributed by atoms with Crippen molar-refractivity contribution >= 4 is 5.97 Å². The fourth-order valence-corrected chi connectivity index (χ4v) is 1.63. The minimum atomic E-state index is -0.887. The molecule has 1 N–H and O–H groups in total. The van der Waals surface area contributed by atoms with Crippen LogP contribution in [0.15, 0.2) is 42.7 Å². The van der Waals surface area contributed by atoms with Crippen LogP contribution in [0.3, 0.4) is 0 Å². The van der Waals surface area contributed by atoms with Gasteiger partial charge in [-0.05, 0) is 36.8 Å². The summed E-state index contributed by atoms with van der Waals surface area (Å²) in [6.07, 6.45) is 3.79. The summed E-state index contributed by atoms with van der Waals surface area (Å²) in [4.78, 5) is 10.9. The van der Waals surface area contributed by atoms with Crippen molar-refractivity contribution in [3.8, 4) is 5.69 Å². The molecule has 0 atom stereocenters. The second-order valence-electron chi connectivity index (χ2n) is 3.35. The minimum absolute atomic E-state index is 0.348. The first-order chi connectivity index (χ1) is 7.20. The topological polar surface area (TPSA) is 42.2 Å². The number of carboxylic acid groups (broad SMARTS) is 1. The number of hydrogen-bond acceptors (Lipinski definition) is 1. The first-order valence-electron chi connectivity index (χ1n) is 4.66. The Bertz CT molecular complexity index is 486. The molecule has 2 rings (SSSR count). The summed E-state index contributed by atoms with van der Waals surface area (Å²) >= 11 is 0. The monoisotopic (exact) mass is 201 g/mol. The largest absolute Gasteiger partial charge is 0.478 e. The lowest BCUT2D eigenvalue weighted by atomic mass is 10.1. The van der Waals surface area contributed by atoms with Gasteiger partial charge in [-0.25, -0.2) is 4.79 Å². The second-order valence-corrected chi connectivity index (χ2v) is 3.35. The van der Waals surface area contributed by atoms with Crippen LogP contribution in [-0.4, -0.2) is 15.6 Å². The SMILES string of the molecule is Cc1c(C(=O)O)cccc1-n1cccc1. The number of aromatic nitrogens is 1. The first kappa shape index (κ1) is 9.52. The minimum Gasteiger partial charge on any atom is -0.478 e. The zero-order valence-corrected chi connectivity index (χ0v) is 8.34. The summed E-state index contributed by atoms with van der Waals surface area (Å²) in [6, 6.07) is 9.10. The molecular weight excluding hydrogens is 190 g/mol. The molecule has 0 amide bonds. The van der Waals surface area contributed by atoms with Gasteiger partial charge in [0, 0.05) is 18.1 Å². The summed E-state index contributed by atoms with van der Waals surface area (Å²) in [6.45, 7) is 1.82. The highest BCUT2D eigenvalue weighted by atomic mass is 16.4. The van der Waals surface area contributed by atoms with Crippen LogP contribution < -0.4 is 0 Å². The van der Waals surface area contributed by atoms with Gasteiger partial charge in [0.05, 0.1) is 5.56 Å². The van der Waals surface area contributed by atoms with E-state index in [1.165, 1.54) is 0 Å². The van der Waals surface area contributed by atoms with Crippen LogP contribution in [0.4, 0.5) is 0 Å². The van der Waals surface area contributed by atoms with E-state index in [0.717, 1.165) is 11.3 Å². The lowest BCUT2D eigenvalue weighted by Crippen LogP contribution is -2.03. The van der Waals surface area contributed by atoms with Crippen LogP contribution in [0.25, 0.3) is 5.69 Å². The van der Waals surface area contributed by atoms with Gasteiger partial charge in [0.25, 0.3) is 0 Å². The summed E-state index contributed by atoms with van der Waals surface area (Å²) < 4.78 is 1.90. The predicted molar refractivity (Wildman–Crippen MR) is 57.5 cm³/mol. The van der Waals surface area contributed by atoms with Crippen LogP contribution in [0.5, 0.6) is 0 Å². The zero-order valence-electron chi connectivity index (χ0n) is 8.34. The number of rotatable bonds is 2. The van der Waals surface area contributed by atoms with Crippen molar-refractivity contribution in [2.45, 2.75) is 6.92 Å². The Morgan fingerprint density at radius 2 is 1.87 bits per heavy atom. The number of aromatic carboxylic acids is 1. The third-order valence-corrected chi connectivity index (χ3v) is 2.42. The standard InChI is InChI=1S/C12H11NO2/c1-9-10(12(14)15)5-4-6-11(9)13-7-2-3-8-13/h2-8H,1H3,(H,14,15). The molecule has 0 spiro atoms. The highest BCUT2D eigenvalue weighted by Crippen LogP contribution is 2.18. The summed E-state index contributed by atoms with van der Waals surface area (Å²) in [7, 11) is 0. The molecule has 76 valence electrons. The summed E-state index contributed by atoms with van der Waals surface area (Å²) in [5, 5.41) is 8.98. The highest BCUT2D eigenvalue weighted by Gasteiger charge is 2.10. The van der Waals surface area contributed by atoms with Crippen LogP contribution in [0, 0.1) is 6.92 Å². The number of carbonyl (C=O) groups is 1. The number of benzene rings is 1. The molecule has 0 aliphatic rings. The maximum atomic E-state index is 10.9. The van der Waals surface area contributed by atoms with E-state index in [0.29, 0.717) is 5.56 Å². The van der Waals surface area contributed by atoms with E-state index in [2.05, 4.69) is 0 Å². The lowest BCUT2D eigenvalue weighted by molar-refractivity contribution is 0.0696. The van der Waals surface area contributed by atoms with Crippen LogP contribution in [-0.2, 0) is 0 Å². The van der Waals surface area contributed by atoms with E-state index >= 15 is 0 Å². The third kappa shape index (κ3) is 1.64. The van der Waals surface area contributed by atoms with Crippen molar-refractivity contribution in [1.29, 1.82) is 0 Å². The van der Waals surface area contributed by atoms with E-state index in [-0.39, 0.29) is 0 Å². The Kier molecular flexibility index (Phi) is 2.29. The Labute approximate surface area is 87.6 Å². The normalized spacial score (nSPS) is 10.2. The number of carboxylic acids is 1. The third-order valence-electron chi connectivity index (χ3n) is 2.42. The zero-order chi connectivity index (χ0) is 10.8. The van der Waals surface area contributed by atoms with E-state index < -0.39 is 5.97 Å². The summed E-state index contributed by atoms with van der Waals surface area (Å²) in [5.41, 5.74) is 2.03. The van der Waals surface area contributed by atoms with E-state index in [1.54, 1.807) is 12.1 Å². The summed E-state index contributed by atoms with van der Waals surface area (Å²) in [5.74, 6) is -0.887. The average molecular weight is 201 g/mol. The van der Waals surface area contributed by atoms with Gasteiger partial charge in [-0.2, -0.15) is 0 Å². The molecule has 0 bridgehead atoms. The molecule has 0 saturated heterocycles. The van der Waals surface area contributed by atoms with Crippen LogP contribution in [0.2, 0.25) is 0 Å². The van der Waals surface area contributed by atoms with Crippen LogP contribution >= 0.6 is 0 Å². The van der Waals surface area contributed by atoms with Gasteiger partial charge in [-0.15, -0.1) is 0 Å². The van der Waals surface area contributed by atoms with Gasteiger partial charge in [0.1, 0.15) is 0 Å². The molecule has 2 aromatic rings. The Hall–Kier alpha value is -2.03. The van der Waals surface area contributed by atoms with E-state index in [4.69, 9.17) is 5.11 Å². The average Bonchev–Trinajstić information content (AvgIpc) is 2.70. The van der Waals surface area contributed by atoms with Crippen molar-refractivity contribution in [2.24, 2.45) is 0 Å². The van der Waals surface area contributed by atoms with Crippen molar-refractivity contribution in [1.82, 2.24) is 4.57 Å². The van der Waals surface area contributed by atoms with E-state index in [1.807, 2.05) is 42.1 Å². The van der Waals surface area contributed by atoms with Gasteiger partial charge >= 0.3 is 5.97 Å². The quantitative estimate of drug-likeness (QED) is 0.811. The Balaban J connectivity index is 2.59. The molecule has 15 heavy (non-hydrogen) atoms. The molecule has 1 heterocycles. The van der Waals surface area contributed by atoms with Gasteiger partial charge in [0.2, 0.25) is 0 Å². The van der Waals surface area contributed by atoms with Gasteiger partial charge in [-0.1, -0.05) is 6.07 Å². The smallest absolute Gasteiger partial charge is 0.336 e. The maximum absolute atomic E-state index is 10.9. The molecule has 1 aromatic carbocycles. The van der Waals surface area contributed by atoms with E-state index in [9.17, 15) is 4.79 Å². The number of hydrogen-bond donors (Lipinski definition) is 1. The van der Waals surface area contributed by atoms with Gasteiger partial charge < -0.3 is 9.67 Å². The molecule has 0 saturated carbocycles. The first-order valence-corrected chi connectivity index (χ1v) is 4.66. The molecule has 0 aliphatic heterocycles. The van der Waals surface area contributed by atoms with Gasteiger partial charge in [0.15, 0.2) is 0 Å². The lowest BCUT2D eigenvalue weighted by Gasteiger charge is -2.09. The molecule has 0 radical (unpaired) electrons. The Morgan fingerprint density at radius 1 is 1.20 bits per heavy atom. The molecule has 3 nitrogen and oxygen atoms in total. The molecule has 3 heteroatoms. The van der Waals surface area contributed by atoms with Crippen molar-refractivity contribution < 1.29 is 9.90 Å². The second kappa shape index (κ2) is 3.61. The maximum Gasteiger partial charge on any atom is 0.336 e. The van der Waals surface area contributed by atoms with Crippen LogP contribution in [0.1, 0.15) is 15.9 Å². The highest BCUT2D eigenvalue weighted by molar-refractivity contribution is 5.90. The fourth-order valence-electron chi connectivity index (χ4n) is 1.63. The Morgan fingerprint density at radius 3 is 2.47 bits per heavy atom. The van der Waals surface area contributed by atoms with Crippen molar-refractivity contribution in [2.75, 3.05) is 0 Å². The predicted octanol–water partition coefficient (Wildman–Crippen LogP) is 2.48. The van der Waals surface area contributed by atoms with Crippen molar-refractivity contribution in [3.63, 3.8) is 0 Å². The van der Waals surface area contributed by atoms with Crippen molar-refractivity contribution in [3.05, 3.63) is 53.9 Å². The molecular formula is C12H11NO2. The number of nitrogens with zero attached hydrogens (tertiary/aromatic N) is 1. The molecule has 0 fully saturated rings. The molecule has 0 unspecified atom stereocenters.